The number of anilines is 2. The van der Waals surface area contributed by atoms with Crippen molar-refractivity contribution in [2.75, 3.05) is 64.4 Å². The molecule has 23 heteroatoms. The van der Waals surface area contributed by atoms with Gasteiger partial charge in [-0.3, -0.25) is 33.6 Å². The minimum absolute atomic E-state index is 0.0688. The van der Waals surface area contributed by atoms with Gasteiger partial charge in [0.15, 0.2) is 0 Å². The first-order valence-electron chi connectivity index (χ1n) is 26.3. The Hall–Kier alpha value is -9.12. The third kappa shape index (κ3) is 11.5. The van der Waals surface area contributed by atoms with Crippen LogP contribution < -0.4 is 36.7 Å². The van der Waals surface area contributed by atoms with Gasteiger partial charge in [0.25, 0.3) is 0 Å². The van der Waals surface area contributed by atoms with E-state index in [0.717, 1.165) is 18.4 Å². The van der Waals surface area contributed by atoms with E-state index in [1.807, 2.05) is 54.6 Å². The van der Waals surface area contributed by atoms with Crippen molar-refractivity contribution in [3.63, 3.8) is 0 Å². The van der Waals surface area contributed by atoms with E-state index in [1.165, 1.54) is 24.2 Å². The first kappa shape index (κ1) is 53.3. The van der Waals surface area contributed by atoms with Gasteiger partial charge in [-0.2, -0.15) is 5.10 Å². The second-order valence-electron chi connectivity index (χ2n) is 19.9. The number of nitrogens with one attached hydrogen (secondary N) is 3. The third-order valence-electron chi connectivity index (χ3n) is 14.8. The van der Waals surface area contributed by atoms with Crippen molar-refractivity contribution in [1.82, 2.24) is 55.1 Å². The van der Waals surface area contributed by atoms with Crippen molar-refractivity contribution in [2.24, 2.45) is 4.99 Å². The molecule has 5 amide bonds. The van der Waals surface area contributed by atoms with Crippen molar-refractivity contribution in [2.45, 2.75) is 69.9 Å². The van der Waals surface area contributed by atoms with Crippen LogP contribution in [0.3, 0.4) is 0 Å². The summed E-state index contributed by atoms with van der Waals surface area (Å²) in [5.41, 5.74) is 17.0. The predicted molar refractivity (Wildman–Crippen MR) is 291 cm³/mol. The topological polar surface area (TPSA) is 286 Å². The van der Waals surface area contributed by atoms with Crippen molar-refractivity contribution >= 4 is 74.7 Å². The molecule has 4 aliphatic heterocycles. The van der Waals surface area contributed by atoms with Crippen LogP contribution in [0.25, 0.3) is 32.9 Å². The van der Waals surface area contributed by atoms with Crippen molar-refractivity contribution < 1.29 is 42.6 Å². The summed E-state index contributed by atoms with van der Waals surface area (Å²) in [7, 11) is 1.20. The standard InChI is InChI=1S/C56H59FN14O8/c1-78-50(77)30-62-46(73)29-61-47(74)32-69-43-12-5-11-40-41-27-44-36(26-42(41)57)28-65-70(44)71(24-20-35(21-25-71)54(67-69)51(40)43)49(76)19-18-45(72)60-22-6-13-48(75)68-23-7-8-37(31-68)66-53(52-55(58)63-33-64-56(52)59)34-14-16-39(17-15-34)79-38-9-3-2-4-10-38/h2-5,9-12,14-17,26-28,33,35,37H,6-8,13,18-25,29-32H2,1H3,(H6-,58,59,60,61,62,63,64,66,72,73,74)/p+1/t35?,37-,71?/m1/s1. The van der Waals surface area contributed by atoms with E-state index in [1.54, 1.807) is 40.2 Å². The third-order valence-corrected chi connectivity index (χ3v) is 14.8. The predicted octanol–water partition coefficient (Wildman–Crippen LogP) is 4.41. The van der Waals surface area contributed by atoms with E-state index in [2.05, 4.69) is 30.7 Å². The molecule has 79 heavy (non-hydrogen) atoms. The van der Waals surface area contributed by atoms with Crippen LogP contribution >= 0.6 is 0 Å². The minimum atomic E-state index is -0.632. The molecule has 22 nitrogen and oxygen atoms in total. The van der Waals surface area contributed by atoms with Gasteiger partial charge in [0.05, 0.1) is 54.8 Å². The van der Waals surface area contributed by atoms with E-state index < -0.39 is 23.6 Å². The molecule has 4 aromatic carbocycles. The molecule has 3 aromatic heterocycles. The highest BCUT2D eigenvalue weighted by atomic mass is 19.1. The number of amides is 5. The number of nitrogens with zero attached hydrogens (tertiary/aromatic N) is 9. The number of nitrogens with two attached hydrogens (primary N) is 2. The number of esters is 1. The molecule has 7 aromatic rings. The van der Waals surface area contributed by atoms with Gasteiger partial charge < -0.3 is 41.8 Å². The largest absolute Gasteiger partial charge is 0.468 e. The summed E-state index contributed by atoms with van der Waals surface area (Å²) in [5, 5.41) is 18.7. The maximum atomic E-state index is 16.3. The quantitative estimate of drug-likeness (QED) is 0.0345. The zero-order valence-electron chi connectivity index (χ0n) is 43.5. The number of piperidine rings is 2. The number of fused-ring (bicyclic) bond motifs is 2. The van der Waals surface area contributed by atoms with Crippen LogP contribution in [0, 0.1) is 5.82 Å². The minimum Gasteiger partial charge on any atom is -0.468 e. The van der Waals surface area contributed by atoms with E-state index in [9.17, 15) is 28.8 Å². The fourth-order valence-corrected chi connectivity index (χ4v) is 10.8. The highest BCUT2D eigenvalue weighted by Gasteiger charge is 2.46. The van der Waals surface area contributed by atoms with Gasteiger partial charge in [-0.1, -0.05) is 35.1 Å². The molecule has 0 spiro atoms. The number of ether oxygens (including phenoxy) is 2. The number of carbonyl (C=O) groups is 6. The molecule has 0 radical (unpaired) electrons. The summed E-state index contributed by atoms with van der Waals surface area (Å²) in [6.07, 6.45) is 5.62. The molecule has 2 fully saturated rings. The maximum Gasteiger partial charge on any atom is 0.340 e. The second kappa shape index (κ2) is 23.2. The number of rotatable bonds is 18. The van der Waals surface area contributed by atoms with Gasteiger partial charge >= 0.3 is 11.9 Å². The fraction of sp³-hybridized carbons (Fsp3) is 0.339. The highest BCUT2D eigenvalue weighted by Crippen LogP contribution is 2.42. The lowest BCUT2D eigenvalue weighted by atomic mass is 9.88. The summed E-state index contributed by atoms with van der Waals surface area (Å²) in [4.78, 5) is 95.6. The van der Waals surface area contributed by atoms with E-state index in [4.69, 9.17) is 31.4 Å². The molecule has 4 bridgehead atoms. The molecule has 408 valence electrons. The van der Waals surface area contributed by atoms with Crippen molar-refractivity contribution in [3.8, 4) is 22.6 Å². The van der Waals surface area contributed by atoms with E-state index in [-0.39, 0.29) is 96.9 Å². The summed E-state index contributed by atoms with van der Waals surface area (Å²) in [5.74, 6) is -1.37. The molecule has 0 aliphatic carbocycles. The Labute approximate surface area is 452 Å². The molecule has 7 heterocycles. The van der Waals surface area contributed by atoms with Crippen LogP contribution in [0.4, 0.5) is 16.0 Å². The Morgan fingerprint density at radius 2 is 1.54 bits per heavy atom. The number of quaternary nitrogens is 1. The number of likely N-dealkylation sites (tertiary alicyclic amines) is 1. The lowest BCUT2D eigenvalue weighted by Crippen LogP contribution is -2.65. The normalized spacial score (nSPS) is 17.7. The SMILES string of the molecule is COC(=O)CNC(=O)CNC(=O)Cn1nc2c3c(cccc31)-c1cc3c(cnn3[N+]3(C(=O)CCC(=O)NCCCC(=O)N4CCC[C@@H](N=C(c5ccc(Oc6ccccc6)cc5)c5c(N)ncnc5N)C4)CCC2CC3)cc1F. The lowest BCUT2D eigenvalue weighted by Gasteiger charge is -2.39. The summed E-state index contributed by atoms with van der Waals surface area (Å²) >= 11 is 0. The number of carbonyl (C=O) groups excluding carboxylic acids is 6. The number of para-hydroxylation sites is 1. The van der Waals surface area contributed by atoms with Gasteiger partial charge in [0.2, 0.25) is 23.6 Å². The molecule has 2 saturated heterocycles. The number of nitrogen functional groups attached to an aromatic ring is 2. The number of hydrogen-bond acceptors (Lipinski definition) is 15. The van der Waals surface area contributed by atoms with Gasteiger partial charge in [-0.15, -0.1) is 9.69 Å². The second-order valence-corrected chi connectivity index (χ2v) is 19.9. The number of methoxy groups -OCH3 is 1. The fourth-order valence-electron chi connectivity index (χ4n) is 10.8. The molecule has 4 aliphatic rings. The Bertz CT molecular complexity index is 3480. The van der Waals surface area contributed by atoms with Crippen LogP contribution in [0.15, 0.2) is 102 Å². The zero-order valence-corrected chi connectivity index (χ0v) is 43.5. The Morgan fingerprint density at radius 1 is 0.797 bits per heavy atom. The molecule has 0 saturated carbocycles. The average Bonchev–Trinajstić information content (AvgIpc) is 4.29. The first-order valence-corrected chi connectivity index (χ1v) is 26.3. The molecular formula is C56H60FN14O8+. The van der Waals surface area contributed by atoms with Gasteiger partial charge in [-0.05, 0) is 79.4 Å². The van der Waals surface area contributed by atoms with Gasteiger partial charge in [0.1, 0.15) is 67.0 Å². The summed E-state index contributed by atoms with van der Waals surface area (Å²) in [6, 6.07) is 25.0. The maximum absolute atomic E-state index is 16.3. The Kier molecular flexibility index (Phi) is 15.7. The number of hydrogen-bond donors (Lipinski definition) is 5. The van der Waals surface area contributed by atoms with E-state index >= 15 is 4.39 Å². The highest BCUT2D eigenvalue weighted by molar-refractivity contribution is 6.18. The molecule has 1 atom stereocenters. The number of benzene rings is 4. The van der Waals surface area contributed by atoms with Gasteiger partial charge in [0, 0.05) is 73.1 Å². The van der Waals surface area contributed by atoms with Crippen LogP contribution in [0.5, 0.6) is 11.5 Å². The number of aliphatic imine (C=N–C) groups is 1. The molecule has 11 rings (SSSR count). The molecular weight excluding hydrogens is 1020 g/mol. The first-order chi connectivity index (χ1) is 38.3. The van der Waals surface area contributed by atoms with E-state index in [0.29, 0.717) is 101 Å². The number of halogens is 1. The monoisotopic (exact) mass is 1080 g/mol. The molecule has 7 N–H and O–H groups in total. The summed E-state index contributed by atoms with van der Waals surface area (Å²) in [6.45, 7) is 0.795. The van der Waals surface area contributed by atoms with Crippen molar-refractivity contribution in [1.29, 1.82) is 0 Å². The van der Waals surface area contributed by atoms with Crippen LogP contribution in [0.2, 0.25) is 0 Å². The zero-order chi connectivity index (χ0) is 55.2. The Morgan fingerprint density at radius 3 is 2.30 bits per heavy atom. The Balaban J connectivity index is 0.767. The number of aromatic nitrogens is 6. The van der Waals surface area contributed by atoms with Crippen LogP contribution in [-0.2, 0) is 40.0 Å². The average molecular weight is 1080 g/mol. The van der Waals surface area contributed by atoms with Crippen LogP contribution in [0.1, 0.15) is 74.1 Å². The lowest BCUT2D eigenvalue weighted by molar-refractivity contribution is -0.142. The van der Waals surface area contributed by atoms with Gasteiger partial charge in [-0.25, -0.2) is 19.2 Å². The van der Waals surface area contributed by atoms with Crippen LogP contribution in [-0.4, -0.2) is 135 Å². The van der Waals surface area contributed by atoms with Crippen molar-refractivity contribution in [3.05, 3.63) is 120 Å². The molecule has 0 unspecified atom stereocenters. The smallest absolute Gasteiger partial charge is 0.340 e. The summed E-state index contributed by atoms with van der Waals surface area (Å²) < 4.78 is 28.1.